The van der Waals surface area contributed by atoms with E-state index in [2.05, 4.69) is 196 Å². The zero-order valence-corrected chi connectivity index (χ0v) is 62.6. The van der Waals surface area contributed by atoms with Crippen LogP contribution in [-0.4, -0.2) is 82.3 Å². The van der Waals surface area contributed by atoms with Crippen LogP contribution in [-0.2, 0) is 33.3 Å². The smallest absolute Gasteiger partial charge is 0.306 e. The Morgan fingerprint density at radius 3 is 0.825 bits per heavy atom. The van der Waals surface area contributed by atoms with Crippen molar-refractivity contribution in [3.8, 4) is 0 Å². The number of rotatable bonds is 70. The number of aliphatic carboxylic acids is 1. The largest absolute Gasteiger partial charge is 0.545 e. The highest BCUT2D eigenvalue weighted by atomic mass is 16.7. The van der Waals surface area contributed by atoms with Crippen LogP contribution >= 0.6 is 0 Å². The number of unbranched alkanes of at least 4 members (excludes halogenated alkanes) is 25. The van der Waals surface area contributed by atoms with Crippen LogP contribution in [0.1, 0.15) is 296 Å². The normalized spacial score (nSPS) is 13.7. The lowest BCUT2D eigenvalue weighted by Crippen LogP contribution is -2.44. The number of nitrogens with zero attached hydrogens (tertiary/aromatic N) is 1. The average Bonchev–Trinajstić information content (AvgIpc) is 3.27. The molecular formula is C88H143NO8. The zero-order valence-electron chi connectivity index (χ0n) is 62.6. The summed E-state index contributed by atoms with van der Waals surface area (Å²) in [6.07, 6.45) is 113. The SMILES string of the molecule is CC/C=C\C/C=C\C/C=C\C/C=C\C/C=C\C/C=C\C/C=C\C/C=C\C/C=C\C/C=C\CCCCCCCCCCCCC(=O)OC(COC(=O)CCCCCCCCCCCCCCCCC/C=C\C/C=C\C/C=C\C/C=C\C/C=C\CC)COC(OCC[N+](C)(C)C)C(=O)[O-]. The summed E-state index contributed by atoms with van der Waals surface area (Å²) in [6.45, 7) is 4.52. The fourth-order valence-corrected chi connectivity index (χ4v) is 10.3. The highest BCUT2D eigenvalue weighted by molar-refractivity contribution is 5.70. The number of likely N-dealkylation sites (N-methyl/N-ethyl adjacent to an activating group) is 1. The van der Waals surface area contributed by atoms with Crippen molar-refractivity contribution in [1.29, 1.82) is 0 Å². The Labute approximate surface area is 596 Å². The molecule has 0 radical (unpaired) electrons. The van der Waals surface area contributed by atoms with Gasteiger partial charge < -0.3 is 33.3 Å². The number of allylic oxidation sites excluding steroid dienone is 30. The second kappa shape index (κ2) is 76.1. The predicted molar refractivity (Wildman–Crippen MR) is 416 cm³/mol. The van der Waals surface area contributed by atoms with Crippen LogP contribution in [0.5, 0.6) is 0 Å². The molecule has 0 aromatic rings. The van der Waals surface area contributed by atoms with Gasteiger partial charge in [-0.2, -0.15) is 0 Å². The molecule has 0 spiro atoms. The van der Waals surface area contributed by atoms with Crippen LogP contribution in [0.3, 0.4) is 0 Å². The zero-order chi connectivity index (χ0) is 70.4. The van der Waals surface area contributed by atoms with Crippen molar-refractivity contribution in [3.05, 3.63) is 182 Å². The molecule has 97 heavy (non-hydrogen) atoms. The third-order valence-electron chi connectivity index (χ3n) is 16.1. The molecule has 0 fully saturated rings. The molecule has 0 N–H and O–H groups in total. The first-order valence-electron chi connectivity index (χ1n) is 38.9. The maximum Gasteiger partial charge on any atom is 0.306 e. The van der Waals surface area contributed by atoms with Gasteiger partial charge in [-0.05, 0) is 135 Å². The lowest BCUT2D eigenvalue weighted by Gasteiger charge is -2.26. The van der Waals surface area contributed by atoms with E-state index in [0.29, 0.717) is 17.4 Å². The van der Waals surface area contributed by atoms with E-state index >= 15 is 0 Å². The van der Waals surface area contributed by atoms with Crippen molar-refractivity contribution in [2.75, 3.05) is 47.5 Å². The first-order chi connectivity index (χ1) is 47.6. The van der Waals surface area contributed by atoms with Crippen molar-refractivity contribution in [2.45, 2.75) is 309 Å². The van der Waals surface area contributed by atoms with Crippen molar-refractivity contribution < 1.29 is 42.9 Å². The van der Waals surface area contributed by atoms with Gasteiger partial charge in [-0.15, -0.1) is 0 Å². The standard InChI is InChI=1S/C88H143NO8/c1-6-8-10-12-14-16-18-20-22-24-26-28-30-32-34-36-38-39-40-41-42-43-44-45-46-47-49-51-53-55-57-59-61-63-65-67-69-71-73-75-77-79-86(91)97-84(83-96-88(87(92)93)94-81-80-89(3,4)5)82-95-85(90)78-76-74-72-70-68-66-64-62-60-58-56-54-52-50-48-37-35-33-31-29-27-25-23-21-19-17-15-13-11-9-7-2/h8-11,14-17,20-23,26-29,32-35,38-39,41-42,44-45,47,49,53,55,84,88H,6-7,12-13,18-19,24-25,30-31,36-37,40,43,46,48,50-52,54,56-83H2,1-5H3/b10-8-,11-9-,16-14-,17-15-,22-20-,23-21-,28-26-,29-27-,34-32-,35-33-,39-38-,42-41-,45-44-,49-47-,55-53-. The monoisotopic (exact) mass is 1340 g/mol. The number of carboxylic acids is 1. The van der Waals surface area contributed by atoms with Crippen LogP contribution in [0.15, 0.2) is 182 Å². The van der Waals surface area contributed by atoms with E-state index in [4.69, 9.17) is 18.9 Å². The fraction of sp³-hybridized carbons (Fsp3) is 0.625. The number of esters is 2. The maximum atomic E-state index is 13.0. The molecule has 2 unspecified atom stereocenters. The first-order valence-corrected chi connectivity index (χ1v) is 38.9. The molecule has 0 bridgehead atoms. The molecule has 0 rings (SSSR count). The lowest BCUT2D eigenvalue weighted by molar-refractivity contribution is -0.870. The number of carbonyl (C=O) groups excluding carboxylic acids is 3. The number of hydrogen-bond donors (Lipinski definition) is 0. The van der Waals surface area contributed by atoms with Crippen LogP contribution < -0.4 is 5.11 Å². The maximum absolute atomic E-state index is 13.0. The van der Waals surface area contributed by atoms with E-state index in [1.54, 1.807) is 0 Å². The van der Waals surface area contributed by atoms with Crippen LogP contribution in [0.25, 0.3) is 0 Å². The average molecular weight is 1340 g/mol. The van der Waals surface area contributed by atoms with Gasteiger partial charge in [0.25, 0.3) is 0 Å². The Kier molecular flexibility index (Phi) is 71.7. The molecule has 0 aliphatic carbocycles. The number of quaternary nitrogens is 1. The van der Waals surface area contributed by atoms with Crippen molar-refractivity contribution in [3.63, 3.8) is 0 Å². The van der Waals surface area contributed by atoms with Gasteiger partial charge in [0.05, 0.1) is 40.3 Å². The van der Waals surface area contributed by atoms with Crippen molar-refractivity contribution in [2.24, 2.45) is 0 Å². The Hall–Kier alpha value is -5.61. The van der Waals surface area contributed by atoms with E-state index in [1.807, 2.05) is 21.1 Å². The van der Waals surface area contributed by atoms with Crippen molar-refractivity contribution >= 4 is 17.9 Å². The molecule has 0 saturated heterocycles. The third-order valence-corrected chi connectivity index (χ3v) is 16.1. The Morgan fingerprint density at radius 2 is 0.557 bits per heavy atom. The summed E-state index contributed by atoms with van der Waals surface area (Å²) in [4.78, 5) is 37.6. The molecule has 548 valence electrons. The summed E-state index contributed by atoms with van der Waals surface area (Å²) < 4.78 is 22.8. The minimum absolute atomic E-state index is 0.139. The van der Waals surface area contributed by atoms with Crippen LogP contribution in [0, 0.1) is 0 Å². The van der Waals surface area contributed by atoms with Crippen LogP contribution in [0.4, 0.5) is 0 Å². The Balaban J connectivity index is 4.12. The van der Waals surface area contributed by atoms with Gasteiger partial charge in [-0.1, -0.05) is 331 Å². The van der Waals surface area contributed by atoms with E-state index in [-0.39, 0.29) is 38.6 Å². The van der Waals surface area contributed by atoms with E-state index in [1.165, 1.54) is 122 Å². The van der Waals surface area contributed by atoms with Gasteiger partial charge in [-0.3, -0.25) is 9.59 Å². The number of ether oxygens (including phenoxy) is 4. The number of carboxylic acid groups (broad SMARTS) is 1. The lowest BCUT2D eigenvalue weighted by atomic mass is 10.0. The predicted octanol–water partition coefficient (Wildman–Crippen LogP) is 23.8. The quantitative estimate of drug-likeness (QED) is 0.0195. The second-order valence-electron chi connectivity index (χ2n) is 26.5. The molecule has 9 heteroatoms. The highest BCUT2D eigenvalue weighted by Crippen LogP contribution is 2.17. The van der Waals surface area contributed by atoms with E-state index in [9.17, 15) is 19.5 Å². The summed E-state index contributed by atoms with van der Waals surface area (Å²) >= 11 is 0. The van der Waals surface area contributed by atoms with Gasteiger partial charge in [-0.25, -0.2) is 0 Å². The minimum Gasteiger partial charge on any atom is -0.545 e. The molecule has 0 amide bonds. The summed E-state index contributed by atoms with van der Waals surface area (Å²) in [7, 11) is 5.93. The third kappa shape index (κ3) is 77.6. The van der Waals surface area contributed by atoms with E-state index < -0.39 is 24.3 Å². The molecule has 2 atom stereocenters. The molecule has 0 aromatic heterocycles. The molecule has 9 nitrogen and oxygen atoms in total. The topological polar surface area (TPSA) is 111 Å². The van der Waals surface area contributed by atoms with Crippen molar-refractivity contribution in [1.82, 2.24) is 0 Å². The molecule has 0 aliphatic rings. The molecule has 0 aliphatic heterocycles. The van der Waals surface area contributed by atoms with Crippen LogP contribution in [0.2, 0.25) is 0 Å². The van der Waals surface area contributed by atoms with Gasteiger partial charge in [0.2, 0.25) is 0 Å². The summed E-state index contributed by atoms with van der Waals surface area (Å²) in [5, 5.41) is 11.9. The second-order valence-corrected chi connectivity index (χ2v) is 26.5. The Morgan fingerprint density at radius 1 is 0.309 bits per heavy atom. The summed E-state index contributed by atoms with van der Waals surface area (Å²) in [5.41, 5.74) is 0. The minimum atomic E-state index is -1.63. The van der Waals surface area contributed by atoms with E-state index in [0.717, 1.165) is 141 Å². The van der Waals surface area contributed by atoms with Gasteiger partial charge in [0.15, 0.2) is 12.4 Å². The Bertz CT molecular complexity index is 2260. The number of hydrogen-bond acceptors (Lipinski definition) is 8. The first kappa shape index (κ1) is 91.4. The summed E-state index contributed by atoms with van der Waals surface area (Å²) in [5.74, 6) is -2.30. The van der Waals surface area contributed by atoms with Gasteiger partial charge in [0.1, 0.15) is 13.2 Å². The molecule has 0 saturated carbocycles. The number of carbonyl (C=O) groups is 3. The molecule has 0 aromatic carbocycles. The molecular weight excluding hydrogens is 1200 g/mol. The highest BCUT2D eigenvalue weighted by Gasteiger charge is 2.22. The van der Waals surface area contributed by atoms with Gasteiger partial charge in [0, 0.05) is 12.8 Å². The molecule has 0 heterocycles. The summed E-state index contributed by atoms with van der Waals surface area (Å²) in [6, 6.07) is 0. The van der Waals surface area contributed by atoms with Gasteiger partial charge >= 0.3 is 11.9 Å². The fourth-order valence-electron chi connectivity index (χ4n) is 10.3.